The van der Waals surface area contributed by atoms with Gasteiger partial charge >= 0.3 is 0 Å². The van der Waals surface area contributed by atoms with Gasteiger partial charge in [-0.1, -0.05) is 26.2 Å². The first-order valence-electron chi connectivity index (χ1n) is 9.30. The second kappa shape index (κ2) is 7.68. The highest BCUT2D eigenvalue weighted by molar-refractivity contribution is 7.20. The Balaban J connectivity index is 1.96. The number of amides is 1. The molecular formula is C19H28N4OS. The zero-order valence-electron chi connectivity index (χ0n) is 15.6. The number of carbonyl (C=O) groups is 1. The summed E-state index contributed by atoms with van der Waals surface area (Å²) in [5.41, 5.74) is 0.999. The lowest BCUT2D eigenvalue weighted by molar-refractivity contribution is 0.0943. The van der Waals surface area contributed by atoms with Crippen molar-refractivity contribution in [2.45, 2.75) is 71.4 Å². The van der Waals surface area contributed by atoms with Crippen molar-refractivity contribution in [3.8, 4) is 0 Å². The number of anilines is 1. The molecule has 1 fully saturated rings. The number of aryl methyl sites for hydroxylation is 1. The predicted octanol–water partition coefficient (Wildman–Crippen LogP) is 4.30. The normalized spacial score (nSPS) is 16.8. The van der Waals surface area contributed by atoms with Gasteiger partial charge in [-0.15, -0.1) is 11.3 Å². The van der Waals surface area contributed by atoms with E-state index in [2.05, 4.69) is 34.2 Å². The molecule has 1 saturated carbocycles. The van der Waals surface area contributed by atoms with Crippen molar-refractivity contribution in [3.63, 3.8) is 0 Å². The van der Waals surface area contributed by atoms with Gasteiger partial charge < -0.3 is 10.2 Å². The Morgan fingerprint density at radius 3 is 2.76 bits per heavy atom. The van der Waals surface area contributed by atoms with Crippen LogP contribution in [0.2, 0.25) is 0 Å². The van der Waals surface area contributed by atoms with Gasteiger partial charge in [-0.25, -0.2) is 9.97 Å². The molecule has 0 spiro atoms. The summed E-state index contributed by atoms with van der Waals surface area (Å²) in [6.45, 7) is 6.13. The maximum Gasteiger partial charge on any atom is 0.261 e. The average Bonchev–Trinajstić information content (AvgIpc) is 2.99. The van der Waals surface area contributed by atoms with Gasteiger partial charge in [0.15, 0.2) is 0 Å². The molecule has 25 heavy (non-hydrogen) atoms. The molecule has 2 aromatic rings. The van der Waals surface area contributed by atoms with Crippen LogP contribution in [0.15, 0.2) is 6.33 Å². The molecule has 0 aliphatic heterocycles. The molecular weight excluding hydrogens is 332 g/mol. The van der Waals surface area contributed by atoms with Crippen LogP contribution in [0.5, 0.6) is 0 Å². The van der Waals surface area contributed by atoms with Gasteiger partial charge in [0, 0.05) is 19.1 Å². The van der Waals surface area contributed by atoms with Crippen molar-refractivity contribution in [2.75, 3.05) is 11.9 Å². The number of hydrogen-bond acceptors (Lipinski definition) is 5. The number of aromatic nitrogens is 2. The second-order valence-electron chi connectivity index (χ2n) is 7.12. The lowest BCUT2D eigenvalue weighted by Gasteiger charge is -2.32. The summed E-state index contributed by atoms with van der Waals surface area (Å²) in [6.07, 6.45) is 8.89. The van der Waals surface area contributed by atoms with Crippen molar-refractivity contribution in [2.24, 2.45) is 0 Å². The van der Waals surface area contributed by atoms with E-state index >= 15 is 0 Å². The Labute approximate surface area is 153 Å². The first kappa shape index (κ1) is 18.1. The van der Waals surface area contributed by atoms with Gasteiger partial charge in [0.2, 0.25) is 0 Å². The first-order chi connectivity index (χ1) is 12.0. The molecule has 136 valence electrons. The fraction of sp³-hybridized carbons (Fsp3) is 0.632. The van der Waals surface area contributed by atoms with Crippen LogP contribution in [-0.2, 0) is 0 Å². The molecule has 0 unspecified atom stereocenters. The van der Waals surface area contributed by atoms with Crippen molar-refractivity contribution in [3.05, 3.63) is 16.8 Å². The van der Waals surface area contributed by atoms with Crippen molar-refractivity contribution in [1.29, 1.82) is 0 Å². The summed E-state index contributed by atoms with van der Waals surface area (Å²) in [5.74, 6) is 0.967. The Kier molecular flexibility index (Phi) is 5.57. The third-order valence-corrected chi connectivity index (χ3v) is 6.56. The summed E-state index contributed by atoms with van der Waals surface area (Å²) >= 11 is 1.47. The molecule has 1 atom stereocenters. The predicted molar refractivity (Wildman–Crippen MR) is 105 cm³/mol. The monoisotopic (exact) mass is 360 g/mol. The number of carbonyl (C=O) groups excluding carboxylic acids is 1. The highest BCUT2D eigenvalue weighted by Gasteiger charge is 2.25. The third-order valence-electron chi connectivity index (χ3n) is 5.36. The average molecular weight is 361 g/mol. The van der Waals surface area contributed by atoms with Crippen LogP contribution in [0, 0.1) is 6.92 Å². The third kappa shape index (κ3) is 3.64. The smallest absolute Gasteiger partial charge is 0.261 e. The van der Waals surface area contributed by atoms with Gasteiger partial charge in [-0.2, -0.15) is 0 Å². The molecule has 2 heterocycles. The van der Waals surface area contributed by atoms with Crippen LogP contribution in [0.1, 0.15) is 67.6 Å². The second-order valence-corrected chi connectivity index (χ2v) is 8.12. The van der Waals surface area contributed by atoms with Crippen molar-refractivity contribution < 1.29 is 4.79 Å². The number of thiophene rings is 1. The van der Waals surface area contributed by atoms with Gasteiger partial charge in [0.05, 0.1) is 10.3 Å². The van der Waals surface area contributed by atoms with E-state index in [0.29, 0.717) is 6.04 Å². The molecule has 0 bridgehead atoms. The molecule has 0 saturated heterocycles. The minimum Gasteiger partial charge on any atom is -0.356 e. The van der Waals surface area contributed by atoms with Gasteiger partial charge in [0.25, 0.3) is 5.91 Å². The molecule has 3 rings (SSSR count). The first-order valence-corrected chi connectivity index (χ1v) is 10.1. The molecule has 1 amide bonds. The van der Waals surface area contributed by atoms with Crippen LogP contribution in [0.4, 0.5) is 5.82 Å². The zero-order chi connectivity index (χ0) is 18.0. The number of nitrogens with one attached hydrogen (secondary N) is 1. The maximum absolute atomic E-state index is 12.6. The molecule has 0 radical (unpaired) electrons. The SMILES string of the molecule is CC[C@H](C)NC(=O)c1sc2ncnc(N(C)C3CCCCC3)c2c1C. The molecule has 1 N–H and O–H groups in total. The van der Waals surface area contributed by atoms with Gasteiger partial charge in [-0.05, 0) is 38.7 Å². The van der Waals surface area contributed by atoms with Crippen LogP contribution in [-0.4, -0.2) is 35.0 Å². The molecule has 6 heteroatoms. The minimum absolute atomic E-state index is 0.00104. The lowest BCUT2D eigenvalue weighted by Crippen LogP contribution is -2.34. The van der Waals surface area contributed by atoms with Gasteiger partial charge in [0.1, 0.15) is 17.0 Å². The van der Waals surface area contributed by atoms with E-state index in [1.807, 2.05) is 13.8 Å². The van der Waals surface area contributed by atoms with E-state index < -0.39 is 0 Å². The molecule has 5 nitrogen and oxygen atoms in total. The van der Waals surface area contributed by atoms with Crippen molar-refractivity contribution in [1.82, 2.24) is 15.3 Å². The highest BCUT2D eigenvalue weighted by atomic mass is 32.1. The Hall–Kier alpha value is -1.69. The quantitative estimate of drug-likeness (QED) is 0.864. The minimum atomic E-state index is 0.00104. The van der Waals surface area contributed by atoms with E-state index in [9.17, 15) is 4.79 Å². The summed E-state index contributed by atoms with van der Waals surface area (Å²) in [5, 5.41) is 4.11. The van der Waals surface area contributed by atoms with Crippen LogP contribution in [0.3, 0.4) is 0 Å². The van der Waals surface area contributed by atoms with Crippen molar-refractivity contribution >= 4 is 33.3 Å². The van der Waals surface area contributed by atoms with E-state index in [0.717, 1.165) is 32.9 Å². The molecule has 1 aliphatic carbocycles. The number of hydrogen-bond donors (Lipinski definition) is 1. The number of rotatable bonds is 5. The topological polar surface area (TPSA) is 58.1 Å². The fourth-order valence-corrected chi connectivity index (χ4v) is 4.62. The summed E-state index contributed by atoms with van der Waals surface area (Å²) in [6, 6.07) is 0.705. The Morgan fingerprint density at radius 1 is 1.36 bits per heavy atom. The molecule has 0 aromatic carbocycles. The maximum atomic E-state index is 12.6. The van der Waals surface area contributed by atoms with Crippen LogP contribution >= 0.6 is 11.3 Å². The zero-order valence-corrected chi connectivity index (χ0v) is 16.4. The summed E-state index contributed by atoms with van der Waals surface area (Å²) in [7, 11) is 2.13. The summed E-state index contributed by atoms with van der Waals surface area (Å²) < 4.78 is 0. The fourth-order valence-electron chi connectivity index (χ4n) is 3.57. The van der Waals surface area contributed by atoms with E-state index in [1.165, 1.54) is 43.4 Å². The van der Waals surface area contributed by atoms with E-state index in [1.54, 1.807) is 6.33 Å². The summed E-state index contributed by atoms with van der Waals surface area (Å²) in [4.78, 5) is 25.6. The van der Waals surface area contributed by atoms with Crippen LogP contribution in [0.25, 0.3) is 10.2 Å². The van der Waals surface area contributed by atoms with Gasteiger partial charge in [-0.3, -0.25) is 4.79 Å². The highest BCUT2D eigenvalue weighted by Crippen LogP contribution is 2.36. The molecule has 1 aliphatic rings. The molecule has 2 aromatic heterocycles. The Morgan fingerprint density at radius 2 is 2.08 bits per heavy atom. The van der Waals surface area contributed by atoms with Crippen LogP contribution < -0.4 is 10.2 Å². The van der Waals surface area contributed by atoms with E-state index in [-0.39, 0.29) is 11.9 Å². The lowest BCUT2D eigenvalue weighted by atomic mass is 9.94. The number of nitrogens with zero attached hydrogens (tertiary/aromatic N) is 3. The van der Waals surface area contributed by atoms with E-state index in [4.69, 9.17) is 0 Å². The standard InChI is InChI=1S/C19H28N4OS/c1-5-12(2)22-18(24)16-13(3)15-17(20-11-21-19(15)25-16)23(4)14-9-7-6-8-10-14/h11-12,14H,5-10H2,1-4H3,(H,22,24)/t12-/m0/s1. The largest absolute Gasteiger partial charge is 0.356 e. The number of fused-ring (bicyclic) bond motifs is 1. The Bertz CT molecular complexity index is 751.